The van der Waals surface area contributed by atoms with Crippen LogP contribution in [0.3, 0.4) is 0 Å². The first-order valence-electron chi connectivity index (χ1n) is 13.5. The number of halogens is 1. The molecule has 200 valence electrons. The summed E-state index contributed by atoms with van der Waals surface area (Å²) in [6, 6.07) is 17.2. The molecule has 3 aromatic carbocycles. The van der Waals surface area contributed by atoms with Gasteiger partial charge in [0.05, 0.1) is 13.5 Å². The highest BCUT2D eigenvalue weighted by atomic mass is 19.1. The maximum absolute atomic E-state index is 15.1. The number of carbonyl (C=O) groups is 1. The van der Waals surface area contributed by atoms with Crippen molar-refractivity contribution in [1.82, 2.24) is 0 Å². The fourth-order valence-electron chi connectivity index (χ4n) is 6.63. The van der Waals surface area contributed by atoms with Gasteiger partial charge >= 0.3 is 5.97 Å². The number of fused-ring (bicyclic) bond motifs is 1. The van der Waals surface area contributed by atoms with Crippen molar-refractivity contribution in [2.75, 3.05) is 7.11 Å². The minimum atomic E-state index is -0.776. The SMILES string of the molecule is COc1ccc(F)c(-c2ccc(COc3ccc4c(c3)[C@](C)(CC(=O)O)CC4)cc2[C@@H]2CCCC2(C)C)c1. The Kier molecular flexibility index (Phi) is 6.97. The first kappa shape index (κ1) is 26.3. The van der Waals surface area contributed by atoms with Gasteiger partial charge in [-0.05, 0) is 95.2 Å². The average molecular weight is 517 g/mol. The molecular formula is C33H37FO4. The van der Waals surface area contributed by atoms with Crippen LogP contribution in [0.5, 0.6) is 11.5 Å². The van der Waals surface area contributed by atoms with Gasteiger partial charge < -0.3 is 14.6 Å². The van der Waals surface area contributed by atoms with E-state index >= 15 is 4.39 Å². The van der Waals surface area contributed by atoms with E-state index in [0.717, 1.165) is 60.1 Å². The van der Waals surface area contributed by atoms with Crippen molar-refractivity contribution >= 4 is 5.97 Å². The zero-order valence-corrected chi connectivity index (χ0v) is 22.8. The van der Waals surface area contributed by atoms with Crippen LogP contribution >= 0.6 is 0 Å². The number of ether oxygens (including phenoxy) is 2. The van der Waals surface area contributed by atoms with Crippen LogP contribution in [-0.2, 0) is 23.2 Å². The third-order valence-corrected chi connectivity index (χ3v) is 8.84. The molecular weight excluding hydrogens is 479 g/mol. The predicted molar refractivity (Wildman–Crippen MR) is 147 cm³/mol. The lowest BCUT2D eigenvalue weighted by molar-refractivity contribution is -0.138. The zero-order chi connectivity index (χ0) is 27.1. The van der Waals surface area contributed by atoms with Crippen LogP contribution in [0.1, 0.15) is 81.0 Å². The standard InChI is InChI=1S/C33H37FO4/c1-32(2)14-5-6-28(32)26-16-21(7-11-25(26)27-17-23(37-4)10-12-30(27)34)20-38-24-9-8-22-13-15-33(3,19-31(35)36)29(22)18-24/h7-12,16-18,28H,5-6,13-15,19-20H2,1-4H3,(H,35,36)/t28-,33-/m0/s1. The van der Waals surface area contributed by atoms with Gasteiger partial charge in [-0.1, -0.05) is 51.5 Å². The summed E-state index contributed by atoms with van der Waals surface area (Å²) >= 11 is 0. The van der Waals surface area contributed by atoms with E-state index in [1.165, 1.54) is 11.6 Å². The number of methoxy groups -OCH3 is 1. The Morgan fingerprint density at radius 3 is 2.50 bits per heavy atom. The second kappa shape index (κ2) is 10.1. The van der Waals surface area contributed by atoms with Gasteiger partial charge in [-0.2, -0.15) is 0 Å². The number of hydrogen-bond donors (Lipinski definition) is 1. The van der Waals surface area contributed by atoms with Gasteiger partial charge in [-0.15, -0.1) is 0 Å². The summed E-state index contributed by atoms with van der Waals surface area (Å²) in [5.41, 5.74) is 5.69. The third kappa shape index (κ3) is 5.03. The molecule has 2 aliphatic carbocycles. The monoisotopic (exact) mass is 516 g/mol. The molecule has 0 spiro atoms. The molecule has 38 heavy (non-hydrogen) atoms. The zero-order valence-electron chi connectivity index (χ0n) is 22.8. The summed E-state index contributed by atoms with van der Waals surface area (Å²) in [6.45, 7) is 7.02. The van der Waals surface area contributed by atoms with Gasteiger partial charge in [0.1, 0.15) is 23.9 Å². The first-order chi connectivity index (χ1) is 18.1. The maximum atomic E-state index is 15.1. The number of aryl methyl sites for hydroxylation is 1. The van der Waals surface area contributed by atoms with Crippen LogP contribution in [0.2, 0.25) is 0 Å². The van der Waals surface area contributed by atoms with Crippen LogP contribution in [0, 0.1) is 11.2 Å². The van der Waals surface area contributed by atoms with E-state index in [1.54, 1.807) is 19.2 Å². The number of rotatable bonds is 8. The Labute approximate surface area is 224 Å². The number of hydrogen-bond acceptors (Lipinski definition) is 3. The molecule has 5 rings (SSSR count). The van der Waals surface area contributed by atoms with Crippen molar-refractivity contribution in [3.8, 4) is 22.6 Å². The molecule has 1 fully saturated rings. The van der Waals surface area contributed by atoms with Gasteiger partial charge in [0, 0.05) is 11.0 Å². The fourth-order valence-corrected chi connectivity index (χ4v) is 6.63. The number of carboxylic acids is 1. The topological polar surface area (TPSA) is 55.8 Å². The summed E-state index contributed by atoms with van der Waals surface area (Å²) in [5, 5.41) is 9.43. The Bertz CT molecular complexity index is 1360. The molecule has 1 N–H and O–H groups in total. The fraction of sp³-hybridized carbons (Fsp3) is 0.424. The second-order valence-corrected chi connectivity index (χ2v) is 11.9. The van der Waals surface area contributed by atoms with Gasteiger partial charge in [0.2, 0.25) is 0 Å². The molecule has 0 unspecified atom stereocenters. The molecule has 2 atom stereocenters. The summed E-state index contributed by atoms with van der Waals surface area (Å²) < 4.78 is 26.7. The third-order valence-electron chi connectivity index (χ3n) is 8.84. The van der Waals surface area contributed by atoms with Crippen LogP contribution in [-0.4, -0.2) is 18.2 Å². The van der Waals surface area contributed by atoms with Crippen LogP contribution in [0.15, 0.2) is 54.6 Å². The molecule has 5 heteroatoms. The van der Waals surface area contributed by atoms with E-state index in [2.05, 4.69) is 26.0 Å². The van der Waals surface area contributed by atoms with Crippen molar-refractivity contribution < 1.29 is 23.8 Å². The Balaban J connectivity index is 1.46. The molecule has 0 aliphatic heterocycles. The lowest BCUT2D eigenvalue weighted by Gasteiger charge is -2.30. The molecule has 0 bridgehead atoms. The summed E-state index contributed by atoms with van der Waals surface area (Å²) in [7, 11) is 1.60. The van der Waals surface area contributed by atoms with Gasteiger partial charge in [-0.3, -0.25) is 4.79 Å². The minimum Gasteiger partial charge on any atom is -0.497 e. The highest BCUT2D eigenvalue weighted by Crippen LogP contribution is 2.51. The molecule has 1 saturated carbocycles. The largest absolute Gasteiger partial charge is 0.497 e. The van der Waals surface area contributed by atoms with Crippen molar-refractivity contribution in [1.29, 1.82) is 0 Å². The van der Waals surface area contributed by atoms with E-state index in [1.807, 2.05) is 31.2 Å². The molecule has 0 amide bonds. The second-order valence-electron chi connectivity index (χ2n) is 11.9. The van der Waals surface area contributed by atoms with Crippen LogP contribution < -0.4 is 9.47 Å². The van der Waals surface area contributed by atoms with Crippen molar-refractivity contribution in [3.05, 3.63) is 82.7 Å². The van der Waals surface area contributed by atoms with Crippen molar-refractivity contribution in [3.63, 3.8) is 0 Å². The molecule has 3 aromatic rings. The maximum Gasteiger partial charge on any atom is 0.304 e. The number of carboxylic acid groups (broad SMARTS) is 1. The number of aliphatic carboxylic acids is 1. The minimum absolute atomic E-state index is 0.117. The molecule has 0 aromatic heterocycles. The average Bonchev–Trinajstić information content (AvgIpc) is 3.40. The van der Waals surface area contributed by atoms with Crippen LogP contribution in [0.4, 0.5) is 4.39 Å². The van der Waals surface area contributed by atoms with E-state index in [9.17, 15) is 9.90 Å². The van der Waals surface area contributed by atoms with E-state index < -0.39 is 5.97 Å². The molecule has 0 radical (unpaired) electrons. The van der Waals surface area contributed by atoms with E-state index in [0.29, 0.717) is 23.8 Å². The Morgan fingerprint density at radius 1 is 1.00 bits per heavy atom. The Hall–Kier alpha value is -3.34. The van der Waals surface area contributed by atoms with Gasteiger partial charge in [-0.25, -0.2) is 4.39 Å². The molecule has 4 nitrogen and oxygen atoms in total. The number of benzene rings is 3. The predicted octanol–water partition coefficient (Wildman–Crippen LogP) is 8.05. The van der Waals surface area contributed by atoms with Crippen molar-refractivity contribution in [2.24, 2.45) is 5.41 Å². The first-order valence-corrected chi connectivity index (χ1v) is 13.5. The summed E-state index contributed by atoms with van der Waals surface area (Å²) in [4.78, 5) is 11.5. The normalized spacial score (nSPS) is 21.8. The molecule has 0 heterocycles. The quantitative estimate of drug-likeness (QED) is 0.329. The van der Waals surface area contributed by atoms with E-state index in [4.69, 9.17) is 9.47 Å². The van der Waals surface area contributed by atoms with E-state index in [-0.39, 0.29) is 23.1 Å². The highest BCUT2D eigenvalue weighted by molar-refractivity contribution is 5.71. The lowest BCUT2D eigenvalue weighted by atomic mass is 9.75. The van der Waals surface area contributed by atoms with Gasteiger partial charge in [0.25, 0.3) is 0 Å². The van der Waals surface area contributed by atoms with Crippen LogP contribution in [0.25, 0.3) is 11.1 Å². The summed E-state index contributed by atoms with van der Waals surface area (Å²) in [5.74, 6) is 0.667. The van der Waals surface area contributed by atoms with Gasteiger partial charge in [0.15, 0.2) is 0 Å². The molecule has 2 aliphatic rings. The van der Waals surface area contributed by atoms with Crippen molar-refractivity contribution in [2.45, 2.75) is 77.2 Å². The highest BCUT2D eigenvalue weighted by Gasteiger charge is 2.38. The summed E-state index contributed by atoms with van der Waals surface area (Å²) in [6.07, 6.45) is 5.21. The smallest absolute Gasteiger partial charge is 0.304 e. The lowest BCUT2D eigenvalue weighted by Crippen LogP contribution is -2.22. The Morgan fingerprint density at radius 2 is 1.79 bits per heavy atom. The molecule has 0 saturated heterocycles.